The van der Waals surface area contributed by atoms with Gasteiger partial charge in [-0.3, -0.25) is 0 Å². The fraction of sp³-hybridized carbons (Fsp3) is 0.429. The molecule has 0 bridgehead atoms. The number of benzene rings is 1. The lowest BCUT2D eigenvalue weighted by atomic mass is 10.2. The van der Waals surface area contributed by atoms with Gasteiger partial charge in [-0.2, -0.15) is 0 Å². The maximum atomic E-state index is 9.88. The summed E-state index contributed by atoms with van der Waals surface area (Å²) in [5.41, 5.74) is 0.917. The highest BCUT2D eigenvalue weighted by Gasteiger charge is 2.23. The minimum Gasteiger partial charge on any atom is -0.506 e. The molecule has 0 radical (unpaired) electrons. The van der Waals surface area contributed by atoms with Crippen molar-refractivity contribution in [3.8, 4) is 5.75 Å². The number of para-hydroxylation sites is 2. The fourth-order valence-electron chi connectivity index (χ4n) is 2.60. The van der Waals surface area contributed by atoms with E-state index >= 15 is 0 Å². The van der Waals surface area contributed by atoms with Crippen molar-refractivity contribution in [3.05, 3.63) is 36.0 Å². The smallest absolute Gasteiger partial charge is 0.271 e. The molecular formula is C14H19N4O2+. The van der Waals surface area contributed by atoms with Crippen LogP contribution in [0.25, 0.3) is 0 Å². The average Bonchev–Trinajstić information content (AvgIpc) is 2.86. The Balaban J connectivity index is 1.58. The number of anilines is 1. The molecular weight excluding hydrogens is 256 g/mol. The molecule has 1 saturated heterocycles. The number of aryl methyl sites for hydroxylation is 1. The van der Waals surface area contributed by atoms with Crippen LogP contribution in [0.2, 0.25) is 0 Å². The molecule has 1 aromatic carbocycles. The Bertz CT molecular complexity index is 576. The van der Waals surface area contributed by atoms with Gasteiger partial charge in [0.15, 0.2) is 6.54 Å². The van der Waals surface area contributed by atoms with Crippen molar-refractivity contribution < 1.29 is 14.4 Å². The van der Waals surface area contributed by atoms with Crippen LogP contribution < -0.4 is 9.80 Å². The van der Waals surface area contributed by atoms with Crippen molar-refractivity contribution in [3.63, 3.8) is 0 Å². The van der Waals surface area contributed by atoms with Crippen molar-refractivity contribution in [2.45, 2.75) is 13.5 Å². The number of hydrogen-bond donors (Lipinski definition) is 2. The molecule has 2 heterocycles. The van der Waals surface area contributed by atoms with Gasteiger partial charge in [-0.25, -0.2) is 0 Å². The molecule has 2 N–H and O–H groups in total. The molecule has 0 atom stereocenters. The summed E-state index contributed by atoms with van der Waals surface area (Å²) in [5, 5.41) is 17.8. The molecule has 20 heavy (non-hydrogen) atoms. The van der Waals surface area contributed by atoms with Gasteiger partial charge in [-0.15, -0.1) is 10.2 Å². The van der Waals surface area contributed by atoms with Crippen LogP contribution in [0.4, 0.5) is 5.69 Å². The number of phenolic OH excluding ortho intramolecular Hbond substituents is 1. The Morgan fingerprint density at radius 2 is 2.00 bits per heavy atom. The van der Waals surface area contributed by atoms with Crippen molar-refractivity contribution in [1.29, 1.82) is 0 Å². The van der Waals surface area contributed by atoms with Crippen molar-refractivity contribution >= 4 is 5.69 Å². The summed E-state index contributed by atoms with van der Waals surface area (Å²) >= 11 is 0. The second kappa shape index (κ2) is 5.50. The predicted octanol–water partition coefficient (Wildman–Crippen LogP) is -0.0113. The lowest BCUT2D eigenvalue weighted by Crippen LogP contribution is -3.13. The zero-order valence-electron chi connectivity index (χ0n) is 11.5. The van der Waals surface area contributed by atoms with Crippen LogP contribution in [0.5, 0.6) is 5.75 Å². The van der Waals surface area contributed by atoms with Gasteiger partial charge in [0, 0.05) is 6.92 Å². The van der Waals surface area contributed by atoms with Crippen molar-refractivity contribution in [2.75, 3.05) is 31.1 Å². The van der Waals surface area contributed by atoms with Gasteiger partial charge < -0.3 is 19.3 Å². The highest BCUT2D eigenvalue weighted by molar-refractivity contribution is 5.57. The summed E-state index contributed by atoms with van der Waals surface area (Å²) in [6.45, 7) is 6.41. The van der Waals surface area contributed by atoms with Crippen LogP contribution in [-0.4, -0.2) is 41.5 Å². The summed E-state index contributed by atoms with van der Waals surface area (Å²) in [6.07, 6.45) is 0. The second-order valence-corrected chi connectivity index (χ2v) is 5.12. The molecule has 0 saturated carbocycles. The van der Waals surface area contributed by atoms with E-state index in [0.717, 1.165) is 38.4 Å². The normalized spacial score (nSPS) is 16.6. The molecule has 3 rings (SSSR count). The topological polar surface area (TPSA) is 66.8 Å². The molecule has 2 aromatic rings. The summed E-state index contributed by atoms with van der Waals surface area (Å²) < 4.78 is 5.42. The summed E-state index contributed by atoms with van der Waals surface area (Å²) in [6, 6.07) is 7.49. The quantitative estimate of drug-likeness (QED) is 0.824. The van der Waals surface area contributed by atoms with E-state index in [9.17, 15) is 5.11 Å². The Labute approximate surface area is 117 Å². The number of phenols is 1. The minimum absolute atomic E-state index is 0.350. The number of nitrogens with zero attached hydrogens (tertiary/aromatic N) is 3. The molecule has 6 heteroatoms. The van der Waals surface area contributed by atoms with Gasteiger partial charge in [-0.05, 0) is 12.1 Å². The van der Waals surface area contributed by atoms with E-state index in [1.54, 1.807) is 6.07 Å². The first-order valence-corrected chi connectivity index (χ1v) is 6.88. The van der Waals surface area contributed by atoms with Gasteiger partial charge in [0.2, 0.25) is 5.89 Å². The first kappa shape index (κ1) is 12.9. The Kier molecular flexibility index (Phi) is 3.56. The zero-order valence-corrected chi connectivity index (χ0v) is 11.5. The molecule has 6 nitrogen and oxygen atoms in total. The summed E-state index contributed by atoms with van der Waals surface area (Å²) in [7, 11) is 0. The molecule has 0 spiro atoms. The number of hydrogen-bond acceptors (Lipinski definition) is 5. The average molecular weight is 275 g/mol. The van der Waals surface area contributed by atoms with Crippen LogP contribution in [0.1, 0.15) is 11.8 Å². The summed E-state index contributed by atoms with van der Waals surface area (Å²) in [4.78, 5) is 3.65. The molecule has 106 valence electrons. The van der Waals surface area contributed by atoms with Crippen LogP contribution >= 0.6 is 0 Å². The van der Waals surface area contributed by atoms with E-state index in [4.69, 9.17) is 4.42 Å². The van der Waals surface area contributed by atoms with E-state index < -0.39 is 0 Å². The highest BCUT2D eigenvalue weighted by atomic mass is 16.4. The van der Waals surface area contributed by atoms with Crippen LogP contribution in [-0.2, 0) is 6.54 Å². The van der Waals surface area contributed by atoms with Gasteiger partial charge in [-0.1, -0.05) is 12.1 Å². The number of quaternary nitrogens is 1. The van der Waals surface area contributed by atoms with Crippen molar-refractivity contribution in [2.24, 2.45) is 0 Å². The number of piperazine rings is 1. The van der Waals surface area contributed by atoms with E-state index in [2.05, 4.69) is 15.1 Å². The third kappa shape index (κ3) is 2.75. The molecule has 0 unspecified atom stereocenters. The number of rotatable bonds is 3. The highest BCUT2D eigenvalue weighted by Crippen LogP contribution is 2.25. The van der Waals surface area contributed by atoms with Gasteiger partial charge >= 0.3 is 0 Å². The maximum Gasteiger partial charge on any atom is 0.271 e. The number of aromatic nitrogens is 2. The largest absolute Gasteiger partial charge is 0.506 e. The van der Waals surface area contributed by atoms with Crippen LogP contribution in [0, 0.1) is 6.92 Å². The first-order valence-electron chi connectivity index (χ1n) is 6.88. The molecule has 1 aliphatic heterocycles. The van der Waals surface area contributed by atoms with Gasteiger partial charge in [0.1, 0.15) is 5.75 Å². The van der Waals surface area contributed by atoms with E-state index in [1.807, 2.05) is 25.1 Å². The van der Waals surface area contributed by atoms with E-state index in [0.29, 0.717) is 17.5 Å². The van der Waals surface area contributed by atoms with E-state index in [1.165, 1.54) is 4.90 Å². The zero-order chi connectivity index (χ0) is 13.9. The first-order chi connectivity index (χ1) is 9.72. The van der Waals surface area contributed by atoms with Gasteiger partial charge in [0.25, 0.3) is 5.89 Å². The minimum atomic E-state index is 0.350. The van der Waals surface area contributed by atoms with Crippen LogP contribution in [0.15, 0.2) is 28.7 Å². The fourth-order valence-corrected chi connectivity index (χ4v) is 2.60. The molecule has 0 amide bonds. The molecule has 1 aromatic heterocycles. The number of aromatic hydroxyl groups is 1. The number of nitrogens with one attached hydrogen (secondary N) is 1. The standard InChI is InChI=1S/C14H18N4O2/c1-11-15-16-14(20-11)10-17-6-8-18(9-7-17)12-4-2-3-5-13(12)19/h2-5,19H,6-10H2,1H3/p+1. The second-order valence-electron chi connectivity index (χ2n) is 5.12. The molecule has 1 fully saturated rings. The Morgan fingerprint density at radius 3 is 2.65 bits per heavy atom. The third-order valence-electron chi connectivity index (χ3n) is 3.66. The Hall–Kier alpha value is -2.08. The predicted molar refractivity (Wildman–Crippen MR) is 73.8 cm³/mol. The monoisotopic (exact) mass is 275 g/mol. The third-order valence-corrected chi connectivity index (χ3v) is 3.66. The molecule has 1 aliphatic rings. The lowest BCUT2D eigenvalue weighted by Gasteiger charge is -2.33. The van der Waals surface area contributed by atoms with Crippen LogP contribution in [0.3, 0.4) is 0 Å². The lowest BCUT2D eigenvalue weighted by molar-refractivity contribution is -0.915. The van der Waals surface area contributed by atoms with Crippen molar-refractivity contribution in [1.82, 2.24) is 10.2 Å². The van der Waals surface area contributed by atoms with E-state index in [-0.39, 0.29) is 0 Å². The summed E-state index contributed by atoms with van der Waals surface area (Å²) in [5.74, 6) is 1.67. The Morgan fingerprint density at radius 1 is 1.25 bits per heavy atom. The van der Waals surface area contributed by atoms with Gasteiger partial charge in [0.05, 0.1) is 31.9 Å². The SMILES string of the molecule is Cc1nnc(C[NH+]2CCN(c3ccccc3O)CC2)o1. The maximum absolute atomic E-state index is 9.88. The molecule has 0 aliphatic carbocycles.